The number of para-hydroxylation sites is 3. The zero-order chi connectivity index (χ0) is 20.9. The van der Waals surface area contributed by atoms with E-state index in [4.69, 9.17) is 9.97 Å². The molecule has 3 aromatic carbocycles. The van der Waals surface area contributed by atoms with Gasteiger partial charge in [-0.1, -0.05) is 54.6 Å². The van der Waals surface area contributed by atoms with Crippen LogP contribution in [0.15, 0.2) is 72.8 Å². The lowest BCUT2D eigenvalue weighted by atomic mass is 10.2. The van der Waals surface area contributed by atoms with Crippen LogP contribution in [-0.2, 0) is 0 Å². The molecule has 0 fully saturated rings. The molecule has 0 radical (unpaired) electrons. The zero-order valence-electron chi connectivity index (χ0n) is 17.1. The Morgan fingerprint density at radius 1 is 0.548 bits per heavy atom. The van der Waals surface area contributed by atoms with Crippen molar-refractivity contribution < 1.29 is 0 Å². The van der Waals surface area contributed by atoms with Gasteiger partial charge in [0, 0.05) is 16.2 Å². The SMILES string of the molecule is Cc1nc(C)nc(-c2nc(-n3c4ccccc4c4ccccc43)nc3ccccc23)n1. The minimum absolute atomic E-state index is 0.561. The minimum Gasteiger partial charge on any atom is -0.278 e. The predicted molar refractivity (Wildman–Crippen MR) is 122 cm³/mol. The van der Waals surface area contributed by atoms with Gasteiger partial charge in [-0.3, -0.25) is 4.57 Å². The van der Waals surface area contributed by atoms with Crippen molar-refractivity contribution in [3.63, 3.8) is 0 Å². The molecule has 0 unspecified atom stereocenters. The van der Waals surface area contributed by atoms with Crippen molar-refractivity contribution in [2.75, 3.05) is 0 Å². The lowest BCUT2D eigenvalue weighted by Crippen LogP contribution is -2.06. The normalized spacial score (nSPS) is 11.5. The fraction of sp³-hybridized carbons (Fsp3) is 0.0800. The zero-order valence-corrected chi connectivity index (χ0v) is 17.1. The molecule has 0 aliphatic carbocycles. The average molecular weight is 402 g/mol. The van der Waals surface area contributed by atoms with Crippen molar-refractivity contribution in [1.82, 2.24) is 29.5 Å². The van der Waals surface area contributed by atoms with Crippen LogP contribution in [0.2, 0.25) is 0 Å². The summed E-state index contributed by atoms with van der Waals surface area (Å²) in [6.07, 6.45) is 0. The number of nitrogens with zero attached hydrogens (tertiary/aromatic N) is 6. The maximum Gasteiger partial charge on any atom is 0.235 e. The van der Waals surface area contributed by atoms with Crippen LogP contribution < -0.4 is 0 Å². The van der Waals surface area contributed by atoms with Gasteiger partial charge in [0.25, 0.3) is 0 Å². The van der Waals surface area contributed by atoms with Crippen LogP contribution >= 0.6 is 0 Å². The summed E-state index contributed by atoms with van der Waals surface area (Å²) in [7, 11) is 0. The molecule has 148 valence electrons. The Labute approximate surface area is 178 Å². The first-order valence-electron chi connectivity index (χ1n) is 10.1. The van der Waals surface area contributed by atoms with Gasteiger partial charge in [0.15, 0.2) is 5.82 Å². The Bertz CT molecular complexity index is 1540. The second-order valence-electron chi connectivity index (χ2n) is 7.51. The highest BCUT2D eigenvalue weighted by molar-refractivity contribution is 6.09. The van der Waals surface area contributed by atoms with E-state index in [1.165, 1.54) is 10.8 Å². The molecule has 3 aromatic heterocycles. The van der Waals surface area contributed by atoms with Gasteiger partial charge in [0.1, 0.15) is 17.3 Å². The largest absolute Gasteiger partial charge is 0.278 e. The maximum atomic E-state index is 5.00. The van der Waals surface area contributed by atoms with Gasteiger partial charge in [0.2, 0.25) is 5.95 Å². The summed E-state index contributed by atoms with van der Waals surface area (Å²) in [5.41, 5.74) is 3.68. The number of hydrogen-bond donors (Lipinski definition) is 0. The first-order valence-corrected chi connectivity index (χ1v) is 10.1. The second kappa shape index (κ2) is 6.67. The summed E-state index contributed by atoms with van der Waals surface area (Å²) in [4.78, 5) is 23.4. The molecule has 0 aliphatic rings. The minimum atomic E-state index is 0.561. The van der Waals surface area contributed by atoms with E-state index >= 15 is 0 Å². The molecule has 3 heterocycles. The van der Waals surface area contributed by atoms with Crippen LogP contribution in [0.25, 0.3) is 50.2 Å². The molecular weight excluding hydrogens is 384 g/mol. The Balaban J connectivity index is 1.74. The molecule has 0 bridgehead atoms. The summed E-state index contributed by atoms with van der Waals surface area (Å²) in [6, 6.07) is 24.6. The number of fused-ring (bicyclic) bond motifs is 4. The van der Waals surface area contributed by atoms with Gasteiger partial charge in [-0.15, -0.1) is 0 Å². The smallest absolute Gasteiger partial charge is 0.235 e. The van der Waals surface area contributed by atoms with Gasteiger partial charge < -0.3 is 0 Å². The van der Waals surface area contributed by atoms with E-state index in [1.54, 1.807) is 0 Å². The Kier molecular flexibility index (Phi) is 3.80. The third-order valence-electron chi connectivity index (χ3n) is 5.44. The summed E-state index contributed by atoms with van der Waals surface area (Å²) < 4.78 is 2.11. The van der Waals surface area contributed by atoms with Gasteiger partial charge >= 0.3 is 0 Å². The van der Waals surface area contributed by atoms with Gasteiger partial charge in [-0.05, 0) is 32.0 Å². The molecule has 6 nitrogen and oxygen atoms in total. The molecule has 6 rings (SSSR count). The summed E-state index contributed by atoms with van der Waals surface area (Å²) in [5.74, 6) is 2.50. The van der Waals surface area contributed by atoms with E-state index in [1.807, 2.05) is 50.2 Å². The molecule has 6 heteroatoms. The number of benzene rings is 3. The second-order valence-corrected chi connectivity index (χ2v) is 7.51. The van der Waals surface area contributed by atoms with Crippen LogP contribution in [0.1, 0.15) is 11.6 Å². The molecule has 0 aliphatic heterocycles. The monoisotopic (exact) mass is 402 g/mol. The first kappa shape index (κ1) is 17.7. The van der Waals surface area contributed by atoms with Gasteiger partial charge in [-0.2, -0.15) is 0 Å². The van der Waals surface area contributed by atoms with Crippen molar-refractivity contribution in [1.29, 1.82) is 0 Å². The molecule has 0 N–H and O–H groups in total. The summed E-state index contributed by atoms with van der Waals surface area (Å²) >= 11 is 0. The molecule has 0 spiro atoms. The summed E-state index contributed by atoms with van der Waals surface area (Å²) in [5, 5.41) is 3.25. The third-order valence-corrected chi connectivity index (χ3v) is 5.44. The quantitative estimate of drug-likeness (QED) is 0.398. The van der Waals surface area contributed by atoms with Crippen molar-refractivity contribution in [3.8, 4) is 17.5 Å². The Hall–Kier alpha value is -4.19. The predicted octanol–water partition coefficient (Wildman–Crippen LogP) is 5.20. The molecular formula is C25H18N6. The van der Waals surface area contributed by atoms with Crippen LogP contribution in [-0.4, -0.2) is 29.5 Å². The van der Waals surface area contributed by atoms with E-state index in [9.17, 15) is 0 Å². The number of rotatable bonds is 2. The van der Waals surface area contributed by atoms with Crippen molar-refractivity contribution in [2.45, 2.75) is 13.8 Å². The topological polar surface area (TPSA) is 69.4 Å². The van der Waals surface area contributed by atoms with Gasteiger partial charge in [0.05, 0.1) is 16.6 Å². The highest BCUT2D eigenvalue weighted by Gasteiger charge is 2.18. The molecule has 31 heavy (non-hydrogen) atoms. The fourth-order valence-electron chi connectivity index (χ4n) is 4.19. The number of aromatic nitrogens is 6. The molecule has 6 aromatic rings. The standard InChI is InChI=1S/C25H18N6/c1-15-26-16(2)28-24(27-15)23-19-11-3-6-12-20(19)29-25(30-23)31-21-13-7-4-9-17(21)18-10-5-8-14-22(18)31/h3-14H,1-2H3. The average Bonchev–Trinajstić information content (AvgIpc) is 3.12. The number of hydrogen-bond acceptors (Lipinski definition) is 5. The van der Waals surface area contributed by atoms with E-state index in [0.717, 1.165) is 21.9 Å². The third kappa shape index (κ3) is 2.76. The van der Waals surface area contributed by atoms with Crippen molar-refractivity contribution in [2.24, 2.45) is 0 Å². The number of aryl methyl sites for hydroxylation is 2. The van der Waals surface area contributed by atoms with E-state index < -0.39 is 0 Å². The highest BCUT2D eigenvalue weighted by atomic mass is 15.2. The van der Waals surface area contributed by atoms with E-state index in [0.29, 0.717) is 29.1 Å². The van der Waals surface area contributed by atoms with Crippen LogP contribution in [0.4, 0.5) is 0 Å². The van der Waals surface area contributed by atoms with E-state index in [2.05, 4.69) is 55.9 Å². The van der Waals surface area contributed by atoms with Crippen LogP contribution in [0.5, 0.6) is 0 Å². The summed E-state index contributed by atoms with van der Waals surface area (Å²) in [6.45, 7) is 3.74. The Morgan fingerprint density at radius 3 is 1.74 bits per heavy atom. The van der Waals surface area contributed by atoms with Crippen LogP contribution in [0, 0.1) is 13.8 Å². The van der Waals surface area contributed by atoms with Crippen molar-refractivity contribution in [3.05, 3.63) is 84.4 Å². The fourth-order valence-corrected chi connectivity index (χ4v) is 4.19. The lowest BCUT2D eigenvalue weighted by molar-refractivity contribution is 0.918. The first-order chi connectivity index (χ1) is 15.2. The molecule has 0 saturated heterocycles. The van der Waals surface area contributed by atoms with Crippen LogP contribution in [0.3, 0.4) is 0 Å². The highest BCUT2D eigenvalue weighted by Crippen LogP contribution is 2.32. The lowest BCUT2D eigenvalue weighted by Gasteiger charge is -2.11. The molecule has 0 atom stereocenters. The molecule has 0 saturated carbocycles. The Morgan fingerprint density at radius 2 is 1.10 bits per heavy atom. The van der Waals surface area contributed by atoms with Gasteiger partial charge in [-0.25, -0.2) is 24.9 Å². The maximum absolute atomic E-state index is 5.00. The van der Waals surface area contributed by atoms with Crippen molar-refractivity contribution >= 4 is 32.7 Å². The van der Waals surface area contributed by atoms with E-state index in [-0.39, 0.29) is 0 Å². The molecule has 0 amide bonds.